The summed E-state index contributed by atoms with van der Waals surface area (Å²) in [5.41, 5.74) is 8.16. The third kappa shape index (κ3) is 16.9. The van der Waals surface area contributed by atoms with Crippen LogP contribution in [-0.2, 0) is 65.5 Å². The molecule has 5 rings (SSSR count). The van der Waals surface area contributed by atoms with Gasteiger partial charge in [0.05, 0.1) is 65.4 Å². The fraction of sp³-hybridized carbons (Fsp3) is 0.489. The summed E-state index contributed by atoms with van der Waals surface area (Å²) in [7, 11) is 1.23. The number of hydrogen-bond donors (Lipinski definition) is 5. The molecule has 3 atom stereocenters. The summed E-state index contributed by atoms with van der Waals surface area (Å²) in [6.07, 6.45) is 1.81. The Labute approximate surface area is 410 Å². The Morgan fingerprint density at radius 1 is 0.857 bits per heavy atom. The van der Waals surface area contributed by atoms with Crippen molar-refractivity contribution in [3.8, 4) is 11.1 Å². The van der Waals surface area contributed by atoms with Gasteiger partial charge in [0.15, 0.2) is 5.78 Å². The molecule has 25 heteroatoms. The van der Waals surface area contributed by atoms with Crippen LogP contribution < -0.4 is 27.0 Å². The molecule has 23 nitrogen and oxygen atoms in total. The van der Waals surface area contributed by atoms with Crippen LogP contribution in [0.1, 0.15) is 48.1 Å². The number of aryl methyl sites for hydroxylation is 1. The largest absolute Gasteiger partial charge is 0.468 e. The molecule has 3 aromatic heterocycles. The van der Waals surface area contributed by atoms with Gasteiger partial charge in [0.2, 0.25) is 29.5 Å². The molecule has 4 heterocycles. The third-order valence-electron chi connectivity index (χ3n) is 10.6. The van der Waals surface area contributed by atoms with E-state index < -0.39 is 41.9 Å². The molecule has 0 aliphatic carbocycles. The highest BCUT2D eigenvalue weighted by molar-refractivity contribution is 9.10. The van der Waals surface area contributed by atoms with Gasteiger partial charge in [-0.3, -0.25) is 38.2 Å². The summed E-state index contributed by atoms with van der Waals surface area (Å²) in [6, 6.07) is 6.76. The second-order valence-corrected chi connectivity index (χ2v) is 16.7. The third-order valence-corrected chi connectivity index (χ3v) is 11.0. The number of halogens is 2. The first-order chi connectivity index (χ1) is 33.6. The van der Waals surface area contributed by atoms with Gasteiger partial charge in [-0.15, -0.1) is 0 Å². The quantitative estimate of drug-likeness (QED) is 0.0229. The highest BCUT2D eigenvalue weighted by Crippen LogP contribution is 2.28. The van der Waals surface area contributed by atoms with E-state index in [0.29, 0.717) is 43.8 Å². The predicted molar refractivity (Wildman–Crippen MR) is 251 cm³/mol. The average Bonchev–Trinajstić information content (AvgIpc) is 3.92. The number of pyridine rings is 1. The Bertz CT molecular complexity index is 2460. The first-order valence-electron chi connectivity index (χ1n) is 22.3. The Balaban J connectivity index is 0.950. The Morgan fingerprint density at radius 2 is 1.50 bits per heavy atom. The van der Waals surface area contributed by atoms with E-state index in [4.69, 9.17) is 24.7 Å². The van der Waals surface area contributed by atoms with Crippen molar-refractivity contribution in [3.63, 3.8) is 0 Å². The number of anilines is 1. The van der Waals surface area contributed by atoms with Crippen LogP contribution in [0.4, 0.5) is 10.2 Å². The molecule has 6 N–H and O–H groups in total. The Hall–Kier alpha value is -6.38. The maximum absolute atomic E-state index is 14.7. The van der Waals surface area contributed by atoms with E-state index in [1.807, 2.05) is 0 Å². The van der Waals surface area contributed by atoms with Crippen LogP contribution >= 0.6 is 15.9 Å². The van der Waals surface area contributed by atoms with Crippen molar-refractivity contribution in [2.75, 3.05) is 84.9 Å². The van der Waals surface area contributed by atoms with Crippen molar-refractivity contribution >= 4 is 73.9 Å². The number of fused-ring (bicyclic) bond motifs is 1. The molecule has 5 amide bonds. The van der Waals surface area contributed by atoms with Crippen LogP contribution in [0.5, 0.6) is 0 Å². The second-order valence-electron chi connectivity index (χ2n) is 15.8. The van der Waals surface area contributed by atoms with Crippen LogP contribution in [0.2, 0.25) is 0 Å². The molecule has 70 heavy (non-hydrogen) atoms. The minimum absolute atomic E-state index is 0.0325. The summed E-state index contributed by atoms with van der Waals surface area (Å²) in [5.74, 6) is -2.39. The molecular weight excluding hydrogens is 985 g/mol. The van der Waals surface area contributed by atoms with Crippen molar-refractivity contribution < 1.29 is 61.6 Å². The van der Waals surface area contributed by atoms with Gasteiger partial charge in [-0.05, 0) is 58.6 Å². The molecule has 0 spiro atoms. The maximum Gasteiger partial charge on any atom is 0.322 e. The molecule has 1 aliphatic heterocycles. The van der Waals surface area contributed by atoms with E-state index in [1.165, 1.54) is 23.6 Å². The summed E-state index contributed by atoms with van der Waals surface area (Å²) in [5, 5.41) is 15.6. The molecule has 1 saturated heterocycles. The van der Waals surface area contributed by atoms with E-state index in [2.05, 4.69) is 62.0 Å². The zero-order chi connectivity index (χ0) is 50.6. The minimum atomic E-state index is -1.41. The zero-order valence-corrected chi connectivity index (χ0v) is 40.6. The normalized spacial score (nSPS) is 14.8. The number of Topliss-reactive ketones (excluding diaryl/α,β-unsaturated/α-hetero) is 1. The topological polar surface area (TPSA) is 300 Å². The van der Waals surface area contributed by atoms with Gasteiger partial charge in [-0.25, -0.2) is 19.3 Å². The smallest absolute Gasteiger partial charge is 0.322 e. The van der Waals surface area contributed by atoms with E-state index >= 15 is 0 Å². The van der Waals surface area contributed by atoms with Crippen molar-refractivity contribution in [1.82, 2.24) is 45.6 Å². The summed E-state index contributed by atoms with van der Waals surface area (Å²) >= 11 is 3.28. The van der Waals surface area contributed by atoms with Crippen LogP contribution in [0, 0.1) is 6.92 Å². The number of esters is 1. The average molecular weight is 1040 g/mol. The number of rotatable bonds is 28. The fourth-order valence-corrected chi connectivity index (χ4v) is 7.22. The molecule has 1 fully saturated rings. The van der Waals surface area contributed by atoms with Crippen molar-refractivity contribution in [1.29, 1.82) is 0 Å². The number of amides is 5. The number of ether oxygens (including phenoxy) is 5. The molecule has 1 aromatic carbocycles. The highest BCUT2D eigenvalue weighted by atomic mass is 79.9. The number of aromatic nitrogens is 5. The first kappa shape index (κ1) is 54.6. The van der Waals surface area contributed by atoms with Gasteiger partial charge in [0, 0.05) is 56.2 Å². The Kier molecular flexibility index (Phi) is 21.6. The summed E-state index contributed by atoms with van der Waals surface area (Å²) in [6.45, 7) is 3.82. The van der Waals surface area contributed by atoms with Crippen LogP contribution in [-0.4, -0.2) is 169 Å². The number of nitrogens with one attached hydrogen (secondary N) is 4. The SMILES string of the molecule is COC(=O)[C@@H](N)CCC(=O)NCCOCCOCC(=O)NCCOCCOCC(=O)NCc1ncc(-c2ccc3c(c2)c(C(C)=O)nn3CC(=O)N2C[C@H](F)C[C@H]2C(=O)Nc2nc(Br)ccc2C)cn1. The molecule has 0 saturated carbocycles. The number of ketones is 1. The number of nitrogens with two attached hydrogens (primary N) is 1. The number of likely N-dealkylation sites (tertiary alicyclic amines) is 1. The van der Waals surface area contributed by atoms with E-state index in [-0.39, 0.29) is 128 Å². The maximum atomic E-state index is 14.7. The number of nitrogens with zero attached hydrogens (tertiary/aromatic N) is 6. The van der Waals surface area contributed by atoms with Gasteiger partial charge < -0.3 is 55.6 Å². The zero-order valence-electron chi connectivity index (χ0n) is 39.0. The fourth-order valence-electron chi connectivity index (χ4n) is 6.91. The molecule has 0 unspecified atom stereocenters. The van der Waals surface area contributed by atoms with E-state index in [1.54, 1.807) is 49.6 Å². The predicted octanol–water partition coefficient (Wildman–Crippen LogP) is 0.935. The molecule has 0 bridgehead atoms. The van der Waals surface area contributed by atoms with E-state index in [9.17, 15) is 38.0 Å². The molecular formula is C45H57BrFN11O12. The first-order valence-corrected chi connectivity index (χ1v) is 23.1. The summed E-state index contributed by atoms with van der Waals surface area (Å²) in [4.78, 5) is 101. The summed E-state index contributed by atoms with van der Waals surface area (Å²) < 4.78 is 42.5. The van der Waals surface area contributed by atoms with E-state index in [0.717, 1.165) is 0 Å². The lowest BCUT2D eigenvalue weighted by Crippen LogP contribution is -2.44. The number of carbonyl (C=O) groups excluding carboxylic acids is 7. The number of carbonyl (C=O) groups is 7. The lowest BCUT2D eigenvalue weighted by atomic mass is 10.0. The Morgan fingerprint density at radius 3 is 2.16 bits per heavy atom. The van der Waals surface area contributed by atoms with Crippen LogP contribution in [0.15, 0.2) is 47.3 Å². The lowest BCUT2D eigenvalue weighted by Gasteiger charge is -2.24. The molecule has 378 valence electrons. The second kappa shape index (κ2) is 27.7. The number of benzene rings is 1. The van der Waals surface area contributed by atoms with Crippen LogP contribution in [0.3, 0.4) is 0 Å². The van der Waals surface area contributed by atoms with Gasteiger partial charge in [0.25, 0.3) is 0 Å². The minimum Gasteiger partial charge on any atom is -0.468 e. The van der Waals surface area contributed by atoms with Crippen molar-refractivity contribution in [2.24, 2.45) is 5.73 Å². The van der Waals surface area contributed by atoms with Crippen molar-refractivity contribution in [2.45, 2.75) is 64.5 Å². The highest BCUT2D eigenvalue weighted by Gasteiger charge is 2.40. The monoisotopic (exact) mass is 1040 g/mol. The molecule has 4 aromatic rings. The van der Waals surface area contributed by atoms with Crippen molar-refractivity contribution in [3.05, 3.63) is 64.4 Å². The van der Waals surface area contributed by atoms with Gasteiger partial charge in [-0.1, -0.05) is 12.1 Å². The van der Waals surface area contributed by atoms with Gasteiger partial charge in [-0.2, -0.15) is 5.10 Å². The lowest BCUT2D eigenvalue weighted by molar-refractivity contribution is -0.142. The molecule has 1 aliphatic rings. The standard InChI is InChI=1S/C45H57BrFN11O12/c1-27-4-8-36(46)54-43(27)55-44(64)35-19-31(47)23-57(35)41(63)24-58-34-7-5-29(18-32(34)42(56-58)28(2)59)30-20-51-37(52-21-30)22-53-40(62)26-70-17-15-68-13-11-50-39(61)25-69-16-14-67-12-10-49-38(60)9-6-33(48)45(65)66-3/h4-5,7-8,18,20-21,31,33,35H,6,9-17,19,22-26,48H2,1-3H3,(H,49,60)(H,50,61)(H,53,62)(H,54,55,64)/t31-,33+,35+/m1/s1. The molecule has 0 radical (unpaired) electrons. The van der Waals surface area contributed by atoms with Crippen LogP contribution in [0.25, 0.3) is 22.0 Å². The number of hydrogen-bond acceptors (Lipinski definition) is 17. The number of methoxy groups -OCH3 is 1. The van der Waals surface area contributed by atoms with Gasteiger partial charge >= 0.3 is 5.97 Å². The number of alkyl halides is 1. The van der Waals surface area contributed by atoms with Gasteiger partial charge in [0.1, 0.15) is 60.0 Å².